The van der Waals surface area contributed by atoms with Gasteiger partial charge in [0, 0.05) is 19.3 Å². The Morgan fingerprint density at radius 3 is 2.09 bits per heavy atom. The van der Waals surface area contributed by atoms with E-state index in [4.69, 9.17) is 14.6 Å². The standard InChI is InChI=1S/C15H25NO7/c1-10(2)14(19)9-23-7-6-22-8-12(18)4-5-13(15(20)21)16-11(3)17/h10,13H,4-9H2,1-3H3,(H,16,17)(H,20,21)/t13-/m0/s1. The number of carbonyl (C=O) groups excluding carboxylic acids is 3. The number of carbonyl (C=O) groups is 4. The number of nitrogens with one attached hydrogen (secondary N) is 1. The molecule has 0 saturated heterocycles. The molecule has 0 aromatic rings. The zero-order chi connectivity index (χ0) is 17.8. The first-order valence-electron chi connectivity index (χ1n) is 7.43. The maximum absolute atomic E-state index is 11.6. The number of amides is 1. The highest BCUT2D eigenvalue weighted by molar-refractivity contribution is 5.84. The molecular formula is C15H25NO7. The van der Waals surface area contributed by atoms with Crippen LogP contribution in [0.3, 0.4) is 0 Å². The summed E-state index contributed by atoms with van der Waals surface area (Å²) in [5, 5.41) is 11.1. The Morgan fingerprint density at radius 1 is 1.04 bits per heavy atom. The maximum Gasteiger partial charge on any atom is 0.326 e. The number of hydrogen-bond donors (Lipinski definition) is 2. The van der Waals surface area contributed by atoms with E-state index in [1.54, 1.807) is 13.8 Å². The molecule has 1 amide bonds. The summed E-state index contributed by atoms with van der Waals surface area (Å²) in [7, 11) is 0. The number of ether oxygens (including phenoxy) is 2. The number of Topliss-reactive ketones (excluding diaryl/α,β-unsaturated/α-hetero) is 2. The number of hydrogen-bond acceptors (Lipinski definition) is 6. The Balaban J connectivity index is 3.76. The predicted molar refractivity (Wildman–Crippen MR) is 81.0 cm³/mol. The first-order chi connectivity index (χ1) is 10.7. The second-order valence-electron chi connectivity index (χ2n) is 5.39. The van der Waals surface area contributed by atoms with Crippen LogP contribution in [0.15, 0.2) is 0 Å². The minimum absolute atomic E-state index is 0.00115. The van der Waals surface area contributed by atoms with E-state index in [2.05, 4.69) is 5.32 Å². The van der Waals surface area contributed by atoms with Gasteiger partial charge in [0.1, 0.15) is 19.3 Å². The van der Waals surface area contributed by atoms with Gasteiger partial charge in [-0.2, -0.15) is 0 Å². The van der Waals surface area contributed by atoms with Gasteiger partial charge >= 0.3 is 5.97 Å². The van der Waals surface area contributed by atoms with Crippen LogP contribution in [-0.2, 0) is 28.7 Å². The van der Waals surface area contributed by atoms with E-state index >= 15 is 0 Å². The quantitative estimate of drug-likeness (QED) is 0.462. The second kappa shape index (κ2) is 11.7. The Hall–Kier alpha value is -1.80. The van der Waals surface area contributed by atoms with E-state index in [-0.39, 0.29) is 56.8 Å². The number of ketones is 2. The first-order valence-corrected chi connectivity index (χ1v) is 7.43. The third-order valence-electron chi connectivity index (χ3n) is 2.91. The van der Waals surface area contributed by atoms with Crippen molar-refractivity contribution in [2.45, 2.75) is 39.7 Å². The number of aliphatic carboxylic acids is 1. The average Bonchev–Trinajstić information content (AvgIpc) is 2.45. The molecule has 0 bridgehead atoms. The van der Waals surface area contributed by atoms with Gasteiger partial charge in [-0.3, -0.25) is 14.4 Å². The van der Waals surface area contributed by atoms with Crippen molar-refractivity contribution in [2.75, 3.05) is 26.4 Å². The maximum atomic E-state index is 11.6. The van der Waals surface area contributed by atoms with Gasteiger partial charge in [0.25, 0.3) is 0 Å². The average molecular weight is 331 g/mol. The van der Waals surface area contributed by atoms with Crippen LogP contribution in [0.25, 0.3) is 0 Å². The summed E-state index contributed by atoms with van der Waals surface area (Å²) in [6.07, 6.45) is 0.000433. The summed E-state index contributed by atoms with van der Waals surface area (Å²) in [5.41, 5.74) is 0. The molecule has 23 heavy (non-hydrogen) atoms. The van der Waals surface area contributed by atoms with E-state index in [9.17, 15) is 19.2 Å². The van der Waals surface area contributed by atoms with Crippen molar-refractivity contribution in [3.8, 4) is 0 Å². The molecule has 0 heterocycles. The molecule has 2 N–H and O–H groups in total. The Morgan fingerprint density at radius 2 is 1.61 bits per heavy atom. The SMILES string of the molecule is CC(=O)N[C@@H](CCC(=O)COCCOCC(=O)C(C)C)C(=O)O. The van der Waals surface area contributed by atoms with Crippen molar-refractivity contribution >= 4 is 23.4 Å². The predicted octanol–water partition coefficient (Wildman–Crippen LogP) is 0.183. The van der Waals surface area contributed by atoms with Gasteiger partial charge < -0.3 is 19.9 Å². The zero-order valence-electron chi connectivity index (χ0n) is 13.8. The molecule has 0 rings (SSSR count). The molecule has 1 atom stereocenters. The normalized spacial score (nSPS) is 12.0. The highest BCUT2D eigenvalue weighted by Gasteiger charge is 2.19. The minimum atomic E-state index is -1.18. The van der Waals surface area contributed by atoms with E-state index in [1.807, 2.05) is 0 Å². The summed E-state index contributed by atoms with van der Waals surface area (Å²) < 4.78 is 10.2. The van der Waals surface area contributed by atoms with Crippen molar-refractivity contribution in [1.29, 1.82) is 0 Å². The van der Waals surface area contributed by atoms with Crippen molar-refractivity contribution in [2.24, 2.45) is 5.92 Å². The van der Waals surface area contributed by atoms with Crippen LogP contribution in [0.1, 0.15) is 33.6 Å². The largest absolute Gasteiger partial charge is 0.480 e. The molecule has 8 heteroatoms. The summed E-state index contributed by atoms with van der Waals surface area (Å²) in [4.78, 5) is 44.6. The molecule has 0 radical (unpaired) electrons. The van der Waals surface area contributed by atoms with Crippen LogP contribution in [0.4, 0.5) is 0 Å². The number of rotatable bonds is 13. The van der Waals surface area contributed by atoms with Gasteiger partial charge in [-0.05, 0) is 6.42 Å². The minimum Gasteiger partial charge on any atom is -0.480 e. The van der Waals surface area contributed by atoms with Crippen LogP contribution in [0.5, 0.6) is 0 Å². The Labute approximate surface area is 135 Å². The summed E-state index contributed by atoms with van der Waals surface area (Å²) in [6.45, 7) is 5.02. The Bertz CT molecular complexity index is 420. The smallest absolute Gasteiger partial charge is 0.326 e. The van der Waals surface area contributed by atoms with Gasteiger partial charge in [0.05, 0.1) is 13.2 Å². The van der Waals surface area contributed by atoms with Crippen LogP contribution < -0.4 is 5.32 Å². The van der Waals surface area contributed by atoms with Gasteiger partial charge in [-0.25, -0.2) is 4.79 Å². The molecule has 8 nitrogen and oxygen atoms in total. The lowest BCUT2D eigenvalue weighted by Crippen LogP contribution is -2.40. The topological polar surface area (TPSA) is 119 Å². The van der Waals surface area contributed by atoms with Gasteiger partial charge in [0.2, 0.25) is 5.91 Å². The Kier molecular flexibility index (Phi) is 10.8. The third kappa shape index (κ3) is 11.4. The highest BCUT2D eigenvalue weighted by atomic mass is 16.5. The lowest BCUT2D eigenvalue weighted by atomic mass is 10.1. The van der Waals surface area contributed by atoms with Crippen LogP contribution in [-0.4, -0.2) is 61.0 Å². The fourth-order valence-electron chi connectivity index (χ4n) is 1.52. The summed E-state index contributed by atoms with van der Waals surface area (Å²) in [6, 6.07) is -1.08. The fraction of sp³-hybridized carbons (Fsp3) is 0.733. The van der Waals surface area contributed by atoms with Gasteiger partial charge in [-0.1, -0.05) is 13.8 Å². The number of carboxylic acids is 1. The molecule has 0 aliphatic rings. The molecule has 0 unspecified atom stereocenters. The third-order valence-corrected chi connectivity index (χ3v) is 2.91. The molecule has 0 aromatic heterocycles. The van der Waals surface area contributed by atoms with Crippen LogP contribution in [0.2, 0.25) is 0 Å². The molecule has 0 aliphatic heterocycles. The van der Waals surface area contributed by atoms with Crippen molar-refractivity contribution in [1.82, 2.24) is 5.32 Å². The number of carboxylic acid groups (broad SMARTS) is 1. The van der Waals surface area contributed by atoms with Gasteiger partial charge in [-0.15, -0.1) is 0 Å². The molecule has 132 valence electrons. The van der Waals surface area contributed by atoms with E-state index < -0.39 is 17.9 Å². The summed E-state index contributed by atoms with van der Waals surface area (Å²) in [5.74, 6) is -1.99. The van der Waals surface area contributed by atoms with E-state index in [1.165, 1.54) is 6.92 Å². The van der Waals surface area contributed by atoms with Crippen molar-refractivity contribution in [3.05, 3.63) is 0 Å². The molecule has 0 saturated carbocycles. The van der Waals surface area contributed by atoms with E-state index in [0.717, 1.165) is 0 Å². The van der Waals surface area contributed by atoms with Crippen LogP contribution >= 0.6 is 0 Å². The van der Waals surface area contributed by atoms with E-state index in [0.29, 0.717) is 0 Å². The second-order valence-corrected chi connectivity index (χ2v) is 5.39. The first kappa shape index (κ1) is 21.2. The fourth-order valence-corrected chi connectivity index (χ4v) is 1.52. The molecule has 0 aromatic carbocycles. The van der Waals surface area contributed by atoms with Gasteiger partial charge in [0.15, 0.2) is 11.6 Å². The lowest BCUT2D eigenvalue weighted by Gasteiger charge is -2.12. The summed E-state index contributed by atoms with van der Waals surface area (Å²) >= 11 is 0. The zero-order valence-corrected chi connectivity index (χ0v) is 13.8. The molecule has 0 aliphatic carbocycles. The molecule has 0 fully saturated rings. The molecular weight excluding hydrogens is 306 g/mol. The monoisotopic (exact) mass is 331 g/mol. The van der Waals surface area contributed by atoms with Crippen LogP contribution in [0, 0.1) is 5.92 Å². The highest BCUT2D eigenvalue weighted by Crippen LogP contribution is 2.00. The van der Waals surface area contributed by atoms with Crippen molar-refractivity contribution < 1.29 is 33.8 Å². The lowest BCUT2D eigenvalue weighted by molar-refractivity contribution is -0.142. The molecule has 0 spiro atoms. The van der Waals surface area contributed by atoms with Crippen molar-refractivity contribution in [3.63, 3.8) is 0 Å².